The molecule has 25 heavy (non-hydrogen) atoms. The van der Waals surface area contributed by atoms with Crippen LogP contribution in [0.3, 0.4) is 0 Å². The lowest BCUT2D eigenvalue weighted by Gasteiger charge is -2.18. The third-order valence-electron chi connectivity index (χ3n) is 4.12. The first-order valence-electron chi connectivity index (χ1n) is 9.03. The smallest absolute Gasteiger partial charge is 0.191 e. The van der Waals surface area contributed by atoms with Gasteiger partial charge in [0.15, 0.2) is 5.96 Å². The highest BCUT2D eigenvalue weighted by atomic mass is 127. The van der Waals surface area contributed by atoms with E-state index in [0.29, 0.717) is 24.0 Å². The maximum absolute atomic E-state index is 12.1. The number of hydrogen-bond donors (Lipinski definition) is 2. The summed E-state index contributed by atoms with van der Waals surface area (Å²) in [6.45, 7) is 6.09. The lowest BCUT2D eigenvalue weighted by Crippen LogP contribution is -2.41. The number of rotatable bonds is 11. The van der Waals surface area contributed by atoms with Crippen molar-refractivity contribution >= 4 is 40.7 Å². The lowest BCUT2D eigenvalue weighted by atomic mass is 9.99. The number of nitrogens with zero attached hydrogens (tertiary/aromatic N) is 1. The highest BCUT2D eigenvalue weighted by molar-refractivity contribution is 14.0. The fraction of sp³-hybridized carbons (Fsp3) is 0.632. The van der Waals surface area contributed by atoms with Crippen LogP contribution in [-0.2, 0) is 16.6 Å². The molecule has 0 aliphatic carbocycles. The quantitative estimate of drug-likeness (QED) is 0.287. The van der Waals surface area contributed by atoms with Gasteiger partial charge >= 0.3 is 0 Å². The van der Waals surface area contributed by atoms with E-state index in [1.807, 2.05) is 30.3 Å². The zero-order chi connectivity index (χ0) is 17.6. The SMILES string of the molecule is CCCCC(CC)CNC(=NC)NCCS(=O)Cc1ccccc1.I. The van der Waals surface area contributed by atoms with E-state index in [1.165, 1.54) is 25.7 Å². The molecule has 0 fully saturated rings. The Balaban J connectivity index is 0.00000576. The molecule has 0 heterocycles. The highest BCUT2D eigenvalue weighted by Crippen LogP contribution is 2.11. The number of guanidine groups is 1. The summed E-state index contributed by atoms with van der Waals surface area (Å²) >= 11 is 0. The second kappa shape index (κ2) is 15.6. The molecule has 144 valence electrons. The molecule has 0 radical (unpaired) electrons. The van der Waals surface area contributed by atoms with Gasteiger partial charge in [-0.15, -0.1) is 24.0 Å². The van der Waals surface area contributed by atoms with Crippen LogP contribution in [0, 0.1) is 5.92 Å². The first-order valence-corrected chi connectivity index (χ1v) is 10.5. The van der Waals surface area contributed by atoms with Crippen molar-refractivity contribution in [3.05, 3.63) is 35.9 Å². The van der Waals surface area contributed by atoms with Crippen LogP contribution in [0.25, 0.3) is 0 Å². The number of aliphatic imine (C=N–C) groups is 1. The van der Waals surface area contributed by atoms with Crippen LogP contribution < -0.4 is 10.6 Å². The third-order valence-corrected chi connectivity index (χ3v) is 5.43. The van der Waals surface area contributed by atoms with Crippen LogP contribution in [0.1, 0.15) is 45.1 Å². The Morgan fingerprint density at radius 1 is 1.20 bits per heavy atom. The Kier molecular flexibility index (Phi) is 15.2. The zero-order valence-corrected chi connectivity index (χ0v) is 18.9. The molecule has 0 saturated carbocycles. The van der Waals surface area contributed by atoms with Crippen molar-refractivity contribution in [2.75, 3.05) is 25.9 Å². The molecular formula is C19H34IN3OS. The van der Waals surface area contributed by atoms with E-state index >= 15 is 0 Å². The average Bonchev–Trinajstić information content (AvgIpc) is 2.61. The van der Waals surface area contributed by atoms with Crippen LogP contribution in [0.15, 0.2) is 35.3 Å². The molecule has 1 aromatic rings. The van der Waals surface area contributed by atoms with Crippen LogP contribution in [0.4, 0.5) is 0 Å². The van der Waals surface area contributed by atoms with Gasteiger partial charge in [-0.3, -0.25) is 9.20 Å². The summed E-state index contributed by atoms with van der Waals surface area (Å²) in [5.74, 6) is 2.74. The summed E-state index contributed by atoms with van der Waals surface area (Å²) in [6, 6.07) is 9.99. The van der Waals surface area contributed by atoms with Gasteiger partial charge in [0.1, 0.15) is 0 Å². The molecule has 0 spiro atoms. The van der Waals surface area contributed by atoms with Gasteiger partial charge in [-0.05, 0) is 17.9 Å². The molecule has 0 aromatic heterocycles. The molecule has 0 bridgehead atoms. The molecule has 2 unspecified atom stereocenters. The Morgan fingerprint density at radius 2 is 1.92 bits per heavy atom. The van der Waals surface area contributed by atoms with Crippen LogP contribution in [-0.4, -0.2) is 36.1 Å². The molecule has 0 amide bonds. The number of nitrogens with one attached hydrogen (secondary N) is 2. The number of benzene rings is 1. The highest BCUT2D eigenvalue weighted by Gasteiger charge is 2.07. The second-order valence-electron chi connectivity index (χ2n) is 6.07. The van der Waals surface area contributed by atoms with Gasteiger partial charge in [0.2, 0.25) is 0 Å². The van der Waals surface area contributed by atoms with E-state index in [4.69, 9.17) is 0 Å². The molecule has 0 aliphatic heterocycles. The second-order valence-corrected chi connectivity index (χ2v) is 7.65. The van der Waals surface area contributed by atoms with Gasteiger partial charge in [-0.2, -0.15) is 0 Å². The molecule has 0 saturated heterocycles. The molecule has 1 aromatic carbocycles. The summed E-state index contributed by atoms with van der Waals surface area (Å²) < 4.78 is 12.1. The largest absolute Gasteiger partial charge is 0.356 e. The molecular weight excluding hydrogens is 445 g/mol. The van der Waals surface area contributed by atoms with E-state index in [-0.39, 0.29) is 24.0 Å². The Bertz CT molecular complexity index is 497. The summed E-state index contributed by atoms with van der Waals surface area (Å²) in [6.07, 6.45) is 4.98. The first-order chi connectivity index (χ1) is 11.7. The predicted octanol–water partition coefficient (Wildman–Crippen LogP) is 3.93. The van der Waals surface area contributed by atoms with Crippen molar-refractivity contribution in [3.8, 4) is 0 Å². The van der Waals surface area contributed by atoms with Crippen molar-refractivity contribution in [2.24, 2.45) is 10.9 Å². The van der Waals surface area contributed by atoms with E-state index in [0.717, 1.165) is 18.1 Å². The lowest BCUT2D eigenvalue weighted by molar-refractivity contribution is 0.444. The normalized spacial score (nSPS) is 13.6. The topological polar surface area (TPSA) is 53.5 Å². The Labute approximate surface area is 173 Å². The first kappa shape index (κ1) is 24.4. The minimum Gasteiger partial charge on any atom is -0.356 e. The standard InChI is InChI=1S/C19H33N3OS.HI/c1-4-6-10-17(5-2)15-22-19(20-3)21-13-14-24(23)16-18-11-8-7-9-12-18;/h7-9,11-12,17H,4-6,10,13-16H2,1-3H3,(H2,20,21,22);1H. The van der Waals surface area contributed by atoms with Crippen LogP contribution >= 0.6 is 24.0 Å². The Hall–Kier alpha value is -0.630. The summed E-state index contributed by atoms with van der Waals surface area (Å²) in [7, 11) is 0.928. The van der Waals surface area contributed by atoms with E-state index in [1.54, 1.807) is 7.05 Å². The zero-order valence-electron chi connectivity index (χ0n) is 15.8. The molecule has 2 N–H and O–H groups in total. The summed E-state index contributed by atoms with van der Waals surface area (Å²) in [4.78, 5) is 4.25. The molecule has 1 rings (SSSR count). The number of hydrogen-bond acceptors (Lipinski definition) is 2. The summed E-state index contributed by atoms with van der Waals surface area (Å²) in [5.41, 5.74) is 1.13. The van der Waals surface area contributed by atoms with Crippen molar-refractivity contribution in [2.45, 2.75) is 45.3 Å². The maximum atomic E-state index is 12.1. The fourth-order valence-corrected chi connectivity index (χ4v) is 3.56. The number of halogens is 1. The van der Waals surface area contributed by atoms with Crippen molar-refractivity contribution in [1.29, 1.82) is 0 Å². The minimum absolute atomic E-state index is 0. The van der Waals surface area contributed by atoms with Crippen molar-refractivity contribution < 1.29 is 4.21 Å². The van der Waals surface area contributed by atoms with Gasteiger partial charge in [-0.25, -0.2) is 0 Å². The monoisotopic (exact) mass is 479 g/mol. The predicted molar refractivity (Wildman–Crippen MR) is 121 cm³/mol. The van der Waals surface area contributed by atoms with Gasteiger partial charge in [0.25, 0.3) is 0 Å². The van der Waals surface area contributed by atoms with Gasteiger partial charge in [0.05, 0.1) is 0 Å². The minimum atomic E-state index is -0.853. The molecule has 0 aliphatic rings. The third kappa shape index (κ3) is 11.6. The average molecular weight is 479 g/mol. The molecule has 4 nitrogen and oxygen atoms in total. The number of unbranched alkanes of at least 4 members (excludes halogenated alkanes) is 1. The molecule has 2 atom stereocenters. The van der Waals surface area contributed by atoms with Gasteiger partial charge in [-0.1, -0.05) is 63.4 Å². The van der Waals surface area contributed by atoms with E-state index < -0.39 is 10.8 Å². The van der Waals surface area contributed by atoms with Crippen LogP contribution in [0.5, 0.6) is 0 Å². The van der Waals surface area contributed by atoms with Gasteiger partial charge < -0.3 is 10.6 Å². The Morgan fingerprint density at radius 3 is 2.52 bits per heavy atom. The summed E-state index contributed by atoms with van der Waals surface area (Å²) in [5, 5.41) is 6.66. The van der Waals surface area contributed by atoms with Crippen molar-refractivity contribution in [1.82, 2.24) is 10.6 Å². The maximum Gasteiger partial charge on any atom is 0.191 e. The fourth-order valence-electron chi connectivity index (χ4n) is 2.52. The van der Waals surface area contributed by atoms with E-state index in [9.17, 15) is 4.21 Å². The van der Waals surface area contributed by atoms with Crippen LogP contribution in [0.2, 0.25) is 0 Å². The van der Waals surface area contributed by atoms with E-state index in [2.05, 4.69) is 29.5 Å². The van der Waals surface area contributed by atoms with Crippen molar-refractivity contribution in [3.63, 3.8) is 0 Å². The molecule has 6 heteroatoms. The van der Waals surface area contributed by atoms with Gasteiger partial charge in [0, 0.05) is 42.4 Å².